The van der Waals surface area contributed by atoms with Gasteiger partial charge in [0, 0.05) is 28.1 Å². The summed E-state index contributed by atoms with van der Waals surface area (Å²) in [5, 5.41) is 14.2. The molecule has 1 amide bonds. The van der Waals surface area contributed by atoms with E-state index in [1.165, 1.54) is 34.8 Å². The van der Waals surface area contributed by atoms with E-state index in [4.69, 9.17) is 16.3 Å². The maximum Gasteiger partial charge on any atom is 0.234 e. The van der Waals surface area contributed by atoms with Crippen LogP contribution >= 0.6 is 34.7 Å². The number of rotatable bonds is 8. The Morgan fingerprint density at radius 3 is 3.00 bits per heavy atom. The minimum absolute atomic E-state index is 0.0337. The number of nitrogens with zero attached hydrogens (tertiary/aromatic N) is 3. The molecule has 2 aromatic heterocycles. The molecule has 1 N–H and O–H groups in total. The molecule has 1 atom stereocenters. The average molecular weight is 481 g/mol. The predicted octanol–water partition coefficient (Wildman–Crippen LogP) is 5.27. The number of carbonyl (C=O) groups excluding carboxylic acids is 1. The van der Waals surface area contributed by atoms with Crippen molar-refractivity contribution in [3.05, 3.63) is 45.4 Å². The number of aryl methyl sites for hydroxylation is 1. The van der Waals surface area contributed by atoms with Crippen LogP contribution in [0.5, 0.6) is 0 Å². The highest BCUT2D eigenvalue weighted by atomic mass is 35.5. The van der Waals surface area contributed by atoms with Crippen molar-refractivity contribution in [1.29, 1.82) is 0 Å². The standard InChI is InChI=1S/C21H22ClFN4O2S2/c1-2-16-8-13(11-30-16)20-25-26-21(27(20)10-15-4-3-7-29-15)31-12-19(28)24-14-5-6-18(23)17(22)9-14/h5-6,8-9,11,15H,2-4,7,10,12H2,1H3,(H,24,28). The van der Waals surface area contributed by atoms with Gasteiger partial charge in [-0.25, -0.2) is 4.39 Å². The lowest BCUT2D eigenvalue weighted by atomic mass is 10.2. The maximum atomic E-state index is 13.3. The van der Waals surface area contributed by atoms with Crippen molar-refractivity contribution >= 4 is 46.3 Å². The summed E-state index contributed by atoms with van der Waals surface area (Å²) in [5.74, 6) is 0.176. The molecule has 31 heavy (non-hydrogen) atoms. The van der Waals surface area contributed by atoms with Gasteiger partial charge in [0.05, 0.1) is 23.4 Å². The Morgan fingerprint density at radius 1 is 1.42 bits per heavy atom. The lowest BCUT2D eigenvalue weighted by Gasteiger charge is -2.14. The molecule has 1 aliphatic rings. The molecular weight excluding hydrogens is 459 g/mol. The van der Waals surface area contributed by atoms with Crippen molar-refractivity contribution in [3.63, 3.8) is 0 Å². The SMILES string of the molecule is CCc1cc(-c2nnc(SCC(=O)Nc3ccc(F)c(Cl)c3)n2CC2CCCO2)cs1. The minimum Gasteiger partial charge on any atom is -0.376 e. The van der Waals surface area contributed by atoms with E-state index in [9.17, 15) is 9.18 Å². The molecule has 0 radical (unpaired) electrons. The fraction of sp³-hybridized carbons (Fsp3) is 0.381. The second-order valence-corrected chi connectivity index (χ2v) is 9.52. The van der Waals surface area contributed by atoms with Gasteiger partial charge in [-0.2, -0.15) is 0 Å². The quantitative estimate of drug-likeness (QED) is 0.445. The molecule has 164 valence electrons. The smallest absolute Gasteiger partial charge is 0.234 e. The van der Waals surface area contributed by atoms with E-state index < -0.39 is 5.82 Å². The number of thioether (sulfide) groups is 1. The number of thiophene rings is 1. The van der Waals surface area contributed by atoms with Crippen LogP contribution in [0, 0.1) is 5.82 Å². The van der Waals surface area contributed by atoms with Crippen molar-refractivity contribution in [1.82, 2.24) is 14.8 Å². The molecule has 1 fully saturated rings. The van der Waals surface area contributed by atoms with Gasteiger partial charge in [0.2, 0.25) is 5.91 Å². The third-order valence-corrected chi connectivity index (χ3v) is 7.26. The first kappa shape index (κ1) is 22.3. The number of hydrogen-bond acceptors (Lipinski definition) is 6. The fourth-order valence-electron chi connectivity index (χ4n) is 3.35. The van der Waals surface area contributed by atoms with Gasteiger partial charge in [-0.3, -0.25) is 9.36 Å². The predicted molar refractivity (Wildman–Crippen MR) is 122 cm³/mol. The van der Waals surface area contributed by atoms with E-state index >= 15 is 0 Å². The largest absolute Gasteiger partial charge is 0.376 e. The summed E-state index contributed by atoms with van der Waals surface area (Å²) < 4.78 is 21.2. The lowest BCUT2D eigenvalue weighted by molar-refractivity contribution is -0.113. The van der Waals surface area contributed by atoms with Gasteiger partial charge < -0.3 is 10.1 Å². The molecule has 1 unspecified atom stereocenters. The Morgan fingerprint density at radius 2 is 2.29 bits per heavy atom. The number of aromatic nitrogens is 3. The van der Waals surface area contributed by atoms with Crippen molar-refractivity contribution in [3.8, 4) is 11.4 Å². The molecule has 0 saturated carbocycles. The van der Waals surface area contributed by atoms with E-state index in [1.54, 1.807) is 11.3 Å². The number of amides is 1. The number of nitrogens with one attached hydrogen (secondary N) is 1. The Hall–Kier alpha value is -1.94. The summed E-state index contributed by atoms with van der Waals surface area (Å²) >= 11 is 8.80. The summed E-state index contributed by atoms with van der Waals surface area (Å²) in [7, 11) is 0. The molecule has 6 nitrogen and oxygen atoms in total. The molecule has 1 saturated heterocycles. The van der Waals surface area contributed by atoms with Gasteiger partial charge in [0.25, 0.3) is 0 Å². The van der Waals surface area contributed by atoms with Crippen molar-refractivity contribution < 1.29 is 13.9 Å². The van der Waals surface area contributed by atoms with Crippen molar-refractivity contribution in [2.75, 3.05) is 17.7 Å². The van der Waals surface area contributed by atoms with Gasteiger partial charge in [-0.05, 0) is 43.5 Å². The summed E-state index contributed by atoms with van der Waals surface area (Å²) in [6.07, 6.45) is 3.14. The van der Waals surface area contributed by atoms with Crippen LogP contribution in [0.2, 0.25) is 5.02 Å². The number of carbonyl (C=O) groups is 1. The first-order valence-corrected chi connectivity index (χ1v) is 12.3. The highest BCUT2D eigenvalue weighted by Crippen LogP contribution is 2.30. The van der Waals surface area contributed by atoms with Crippen LogP contribution < -0.4 is 5.32 Å². The zero-order valence-electron chi connectivity index (χ0n) is 16.9. The summed E-state index contributed by atoms with van der Waals surface area (Å²) in [5.41, 5.74) is 1.48. The van der Waals surface area contributed by atoms with Crippen LogP contribution in [0.15, 0.2) is 34.8 Å². The first-order chi connectivity index (χ1) is 15.0. The minimum atomic E-state index is -0.525. The molecule has 4 rings (SSSR count). The van der Waals surface area contributed by atoms with E-state index in [1.807, 2.05) is 4.57 Å². The van der Waals surface area contributed by atoms with Gasteiger partial charge in [0.1, 0.15) is 5.82 Å². The molecular formula is C21H22ClFN4O2S2. The zero-order valence-corrected chi connectivity index (χ0v) is 19.3. The highest BCUT2D eigenvalue weighted by Gasteiger charge is 2.22. The topological polar surface area (TPSA) is 69.0 Å². The van der Waals surface area contributed by atoms with Crippen LogP contribution in [0.3, 0.4) is 0 Å². The summed E-state index contributed by atoms with van der Waals surface area (Å²) in [6.45, 7) is 3.55. The van der Waals surface area contributed by atoms with E-state index in [0.717, 1.165) is 37.3 Å². The molecule has 1 aromatic carbocycles. The first-order valence-electron chi connectivity index (χ1n) is 10.0. The summed E-state index contributed by atoms with van der Waals surface area (Å²) in [4.78, 5) is 13.7. The molecule has 0 spiro atoms. The Kier molecular flexibility index (Phi) is 7.27. The third-order valence-electron chi connectivity index (χ3n) is 4.92. The maximum absolute atomic E-state index is 13.3. The number of halogens is 2. The lowest BCUT2D eigenvalue weighted by Crippen LogP contribution is -2.18. The number of hydrogen-bond donors (Lipinski definition) is 1. The van der Waals surface area contributed by atoms with E-state index in [-0.39, 0.29) is 22.8 Å². The van der Waals surface area contributed by atoms with Gasteiger partial charge in [-0.15, -0.1) is 21.5 Å². The van der Waals surface area contributed by atoms with Crippen LogP contribution in [0.1, 0.15) is 24.6 Å². The second kappa shape index (κ2) is 10.1. The highest BCUT2D eigenvalue weighted by molar-refractivity contribution is 7.99. The van der Waals surface area contributed by atoms with E-state index in [2.05, 4.69) is 33.9 Å². The molecule has 3 heterocycles. The average Bonchev–Trinajstić information content (AvgIpc) is 3.51. The van der Waals surface area contributed by atoms with Gasteiger partial charge >= 0.3 is 0 Å². The number of benzene rings is 1. The zero-order chi connectivity index (χ0) is 21.8. The Labute approximate surface area is 193 Å². The number of ether oxygens (including phenoxy) is 1. The molecule has 1 aliphatic heterocycles. The fourth-order valence-corrected chi connectivity index (χ4v) is 5.09. The molecule has 10 heteroatoms. The number of anilines is 1. The van der Waals surface area contributed by atoms with Crippen LogP contribution in [0.25, 0.3) is 11.4 Å². The Bertz CT molecular complexity index is 1070. The molecule has 0 bridgehead atoms. The van der Waals surface area contributed by atoms with Gasteiger partial charge in [0.15, 0.2) is 11.0 Å². The van der Waals surface area contributed by atoms with Gasteiger partial charge in [-0.1, -0.05) is 30.3 Å². The monoisotopic (exact) mass is 480 g/mol. The van der Waals surface area contributed by atoms with Crippen molar-refractivity contribution in [2.24, 2.45) is 0 Å². The third kappa shape index (κ3) is 5.46. The van der Waals surface area contributed by atoms with Crippen molar-refractivity contribution in [2.45, 2.75) is 44.0 Å². The van der Waals surface area contributed by atoms with E-state index in [0.29, 0.717) is 17.4 Å². The molecule has 0 aliphatic carbocycles. The van der Waals surface area contributed by atoms with Crippen LogP contribution in [0.4, 0.5) is 10.1 Å². The Balaban J connectivity index is 1.48. The second-order valence-electron chi connectivity index (χ2n) is 7.17. The molecule has 3 aromatic rings. The van der Waals surface area contributed by atoms with Crippen LogP contribution in [-0.2, 0) is 22.5 Å². The summed E-state index contributed by atoms with van der Waals surface area (Å²) in [6, 6.07) is 6.23. The normalized spacial score (nSPS) is 16.0. The van der Waals surface area contributed by atoms with Crippen LogP contribution in [-0.4, -0.2) is 39.1 Å².